The molecule has 0 aromatic rings. The maximum Gasteiger partial charge on any atom is -0.0351 e. The zero-order chi connectivity index (χ0) is 6.24. The van der Waals surface area contributed by atoms with Gasteiger partial charge in [-0.3, -0.25) is 0 Å². The van der Waals surface area contributed by atoms with E-state index in [1.54, 1.807) is 0 Å². The largest absolute Gasteiger partial charge is 0.344 e. The molecule has 0 atom stereocenters. The van der Waals surface area contributed by atoms with Crippen molar-refractivity contribution < 1.29 is 0 Å². The molecule has 0 aliphatic heterocycles. The van der Waals surface area contributed by atoms with Crippen molar-refractivity contribution in [2.24, 2.45) is 0 Å². The number of unbranched alkanes of at least 4 members (excludes halogenated alkanes) is 3. The highest BCUT2D eigenvalue weighted by atomic mass is 14.0. The van der Waals surface area contributed by atoms with Crippen molar-refractivity contribution in [3.63, 3.8) is 0 Å². The second-order valence-corrected chi connectivity index (χ2v) is 2.06. The van der Waals surface area contributed by atoms with Gasteiger partial charge >= 0.3 is 0 Å². The van der Waals surface area contributed by atoms with E-state index in [-0.39, 0.29) is 6.15 Å². The van der Waals surface area contributed by atoms with Crippen LogP contribution in [-0.2, 0) is 0 Å². The highest BCUT2D eigenvalue weighted by Crippen LogP contribution is 1.98. The minimum Gasteiger partial charge on any atom is -0.344 e. The first-order valence-corrected chi connectivity index (χ1v) is 3.53. The average molecular weight is 129 g/mol. The van der Waals surface area contributed by atoms with Crippen LogP contribution in [0.3, 0.4) is 0 Å². The van der Waals surface area contributed by atoms with Crippen molar-refractivity contribution in [3.8, 4) is 0 Å². The minimum absolute atomic E-state index is 0. The van der Waals surface area contributed by atoms with E-state index in [0.717, 1.165) is 0 Å². The molecule has 0 heterocycles. The molecule has 3 N–H and O–H groups in total. The molecule has 0 aliphatic rings. The molecule has 56 valence electrons. The molecule has 0 aromatic heterocycles. The van der Waals surface area contributed by atoms with Crippen LogP contribution < -0.4 is 6.15 Å². The van der Waals surface area contributed by atoms with Crippen LogP contribution in [0.15, 0.2) is 12.2 Å². The maximum absolute atomic E-state index is 2.23. The van der Waals surface area contributed by atoms with Crippen LogP contribution in [0, 0.1) is 0 Å². The zero-order valence-electron chi connectivity index (χ0n) is 6.69. The van der Waals surface area contributed by atoms with E-state index in [4.69, 9.17) is 0 Å². The molecule has 0 amide bonds. The van der Waals surface area contributed by atoms with Crippen molar-refractivity contribution in [2.75, 3.05) is 0 Å². The molecule has 0 aromatic carbocycles. The lowest BCUT2D eigenvalue weighted by atomic mass is 10.2. The second kappa shape index (κ2) is 10.6. The van der Waals surface area contributed by atoms with E-state index >= 15 is 0 Å². The smallest absolute Gasteiger partial charge is 0.0351 e. The Balaban J connectivity index is 0. The third kappa shape index (κ3) is 11.3. The predicted octanol–water partition coefficient (Wildman–Crippen LogP) is 3.30. The Bertz CT molecular complexity index is 57.6. The maximum atomic E-state index is 2.23. The predicted molar refractivity (Wildman–Crippen MR) is 44.0 cm³/mol. The SMILES string of the molecule is CC=CCCCCC.N. The van der Waals surface area contributed by atoms with Gasteiger partial charge in [0.25, 0.3) is 0 Å². The molecule has 0 spiro atoms. The summed E-state index contributed by atoms with van der Waals surface area (Å²) in [6.45, 7) is 4.31. The first-order chi connectivity index (χ1) is 3.91. The van der Waals surface area contributed by atoms with E-state index in [9.17, 15) is 0 Å². The van der Waals surface area contributed by atoms with Crippen LogP contribution in [-0.4, -0.2) is 0 Å². The lowest BCUT2D eigenvalue weighted by Gasteiger charge is -1.88. The summed E-state index contributed by atoms with van der Waals surface area (Å²) in [5.74, 6) is 0. The third-order valence-electron chi connectivity index (χ3n) is 1.21. The summed E-state index contributed by atoms with van der Waals surface area (Å²) in [6, 6.07) is 0. The fourth-order valence-electron chi connectivity index (χ4n) is 0.679. The van der Waals surface area contributed by atoms with Crippen molar-refractivity contribution in [1.29, 1.82) is 0 Å². The molecule has 0 bridgehead atoms. The molecule has 0 fully saturated rings. The van der Waals surface area contributed by atoms with Crippen LogP contribution in [0.4, 0.5) is 0 Å². The highest BCUT2D eigenvalue weighted by Gasteiger charge is 1.78. The molecular weight excluding hydrogens is 110 g/mol. The quantitative estimate of drug-likeness (QED) is 0.458. The van der Waals surface area contributed by atoms with E-state index in [1.807, 2.05) is 0 Å². The molecule has 0 saturated carbocycles. The van der Waals surface area contributed by atoms with Gasteiger partial charge in [-0.05, 0) is 19.8 Å². The van der Waals surface area contributed by atoms with Crippen LogP contribution >= 0.6 is 0 Å². The van der Waals surface area contributed by atoms with Crippen LogP contribution in [0.1, 0.15) is 39.5 Å². The Labute approximate surface area is 58.7 Å². The molecule has 9 heavy (non-hydrogen) atoms. The monoisotopic (exact) mass is 129 g/mol. The first-order valence-electron chi connectivity index (χ1n) is 3.53. The van der Waals surface area contributed by atoms with Gasteiger partial charge in [0.2, 0.25) is 0 Å². The molecule has 1 heteroatoms. The van der Waals surface area contributed by atoms with Crippen LogP contribution in [0.5, 0.6) is 0 Å². The number of allylic oxidation sites excluding steroid dienone is 2. The minimum atomic E-state index is 0. The molecule has 0 aliphatic carbocycles. The Morgan fingerprint density at radius 3 is 2.33 bits per heavy atom. The topological polar surface area (TPSA) is 35.0 Å². The van der Waals surface area contributed by atoms with Gasteiger partial charge in [-0.15, -0.1) is 0 Å². The molecule has 1 nitrogen and oxygen atoms in total. The number of hydrogen-bond acceptors (Lipinski definition) is 1. The van der Waals surface area contributed by atoms with Gasteiger partial charge in [-0.25, -0.2) is 0 Å². The normalized spacial score (nSPS) is 9.56. The lowest BCUT2D eigenvalue weighted by molar-refractivity contribution is 0.729. The molecule has 0 saturated heterocycles. The average Bonchev–Trinajstić information content (AvgIpc) is 1.81. The summed E-state index contributed by atoms with van der Waals surface area (Å²) < 4.78 is 0. The third-order valence-corrected chi connectivity index (χ3v) is 1.21. The Morgan fingerprint density at radius 1 is 1.22 bits per heavy atom. The van der Waals surface area contributed by atoms with Crippen molar-refractivity contribution in [2.45, 2.75) is 39.5 Å². The lowest BCUT2D eigenvalue weighted by Crippen LogP contribution is -1.68. The highest BCUT2D eigenvalue weighted by molar-refractivity contribution is 4.75. The Hall–Kier alpha value is -0.300. The van der Waals surface area contributed by atoms with Crippen LogP contribution in [0.25, 0.3) is 0 Å². The number of hydrogen-bond donors (Lipinski definition) is 1. The van der Waals surface area contributed by atoms with Gasteiger partial charge in [0.1, 0.15) is 0 Å². The van der Waals surface area contributed by atoms with Crippen molar-refractivity contribution in [1.82, 2.24) is 6.15 Å². The molecular formula is C8H19N. The van der Waals surface area contributed by atoms with Gasteiger partial charge in [-0.2, -0.15) is 0 Å². The van der Waals surface area contributed by atoms with E-state index in [0.29, 0.717) is 0 Å². The summed E-state index contributed by atoms with van der Waals surface area (Å²) in [5.41, 5.74) is 0. The van der Waals surface area contributed by atoms with E-state index in [1.165, 1.54) is 25.7 Å². The van der Waals surface area contributed by atoms with Crippen LogP contribution in [0.2, 0.25) is 0 Å². The second-order valence-electron chi connectivity index (χ2n) is 2.06. The Kier molecular flexibility index (Phi) is 13.6. The Morgan fingerprint density at radius 2 is 1.89 bits per heavy atom. The molecule has 0 unspecified atom stereocenters. The first kappa shape index (κ1) is 11.5. The van der Waals surface area contributed by atoms with Gasteiger partial charge in [-0.1, -0.05) is 31.9 Å². The fourth-order valence-corrected chi connectivity index (χ4v) is 0.679. The summed E-state index contributed by atoms with van der Waals surface area (Å²) in [5, 5.41) is 0. The van der Waals surface area contributed by atoms with Gasteiger partial charge in [0.05, 0.1) is 0 Å². The van der Waals surface area contributed by atoms with Crippen molar-refractivity contribution >= 4 is 0 Å². The standard InChI is InChI=1S/C8H16.H3N/c1-3-5-7-8-6-4-2;/h3,5H,4,6-8H2,1-2H3;1H3. The summed E-state index contributed by atoms with van der Waals surface area (Å²) in [6.07, 6.45) is 9.69. The summed E-state index contributed by atoms with van der Waals surface area (Å²) in [7, 11) is 0. The van der Waals surface area contributed by atoms with Gasteiger partial charge in [0.15, 0.2) is 0 Å². The molecule has 0 radical (unpaired) electrons. The van der Waals surface area contributed by atoms with Gasteiger partial charge in [0, 0.05) is 0 Å². The molecule has 0 rings (SSSR count). The van der Waals surface area contributed by atoms with Gasteiger partial charge < -0.3 is 6.15 Å². The van der Waals surface area contributed by atoms with E-state index < -0.39 is 0 Å². The summed E-state index contributed by atoms with van der Waals surface area (Å²) >= 11 is 0. The van der Waals surface area contributed by atoms with E-state index in [2.05, 4.69) is 26.0 Å². The zero-order valence-corrected chi connectivity index (χ0v) is 6.69. The van der Waals surface area contributed by atoms with Crippen molar-refractivity contribution in [3.05, 3.63) is 12.2 Å². The fraction of sp³-hybridized carbons (Fsp3) is 0.750. The number of rotatable bonds is 4. The summed E-state index contributed by atoms with van der Waals surface area (Å²) in [4.78, 5) is 0.